The van der Waals surface area contributed by atoms with Gasteiger partial charge in [0.25, 0.3) is 0 Å². The lowest BCUT2D eigenvalue weighted by atomic mass is 9.90. The van der Waals surface area contributed by atoms with Gasteiger partial charge in [-0.1, -0.05) is 19.1 Å². The zero-order chi connectivity index (χ0) is 25.1. The van der Waals surface area contributed by atoms with Crippen LogP contribution < -0.4 is 16.0 Å². The summed E-state index contributed by atoms with van der Waals surface area (Å²) < 4.78 is 24.8. The second-order valence-electron chi connectivity index (χ2n) is 9.06. The Morgan fingerprint density at radius 2 is 1.89 bits per heavy atom. The Labute approximate surface area is 211 Å². The maximum atomic E-state index is 12.4. The van der Waals surface area contributed by atoms with Gasteiger partial charge in [-0.2, -0.15) is 0 Å². The van der Waals surface area contributed by atoms with Crippen molar-refractivity contribution in [3.63, 3.8) is 0 Å². The molecule has 2 aliphatic heterocycles. The average molecular weight is 504 g/mol. The van der Waals surface area contributed by atoms with Gasteiger partial charge in [-0.3, -0.25) is 4.98 Å². The smallest absolute Gasteiger partial charge is 0.179 e. The molecule has 1 aromatic carbocycles. The largest absolute Gasteiger partial charge is 0.378 e. The minimum atomic E-state index is -3.41. The highest BCUT2D eigenvalue weighted by Gasteiger charge is 2.24. The van der Waals surface area contributed by atoms with E-state index in [0.29, 0.717) is 23.0 Å². The number of hydrogen-bond donors (Lipinski definition) is 3. The molecule has 3 N–H and O–H groups in total. The van der Waals surface area contributed by atoms with E-state index in [1.807, 2.05) is 24.3 Å². The molecule has 1 saturated heterocycles. The minimum absolute atomic E-state index is 0.00859. The number of carbonyl (C=O) groups excluding carboxylic acids is 1. The van der Waals surface area contributed by atoms with Crippen LogP contribution in [0.2, 0.25) is 0 Å². The molecular formula is C27H29N5O3S. The predicted octanol–water partition coefficient (Wildman–Crippen LogP) is 3.96. The second-order valence-corrected chi connectivity index (χ2v) is 11.3. The first-order valence-electron chi connectivity index (χ1n) is 12.2. The number of anilines is 2. The van der Waals surface area contributed by atoms with Crippen molar-refractivity contribution in [3.8, 4) is 11.3 Å². The highest BCUT2D eigenvalue weighted by molar-refractivity contribution is 7.91. The molecule has 5 rings (SSSR count). The van der Waals surface area contributed by atoms with Crippen LogP contribution in [0.5, 0.6) is 0 Å². The summed E-state index contributed by atoms with van der Waals surface area (Å²) >= 11 is 0. The highest BCUT2D eigenvalue weighted by Crippen LogP contribution is 2.35. The zero-order valence-electron chi connectivity index (χ0n) is 20.1. The third-order valence-electron chi connectivity index (χ3n) is 6.81. The van der Waals surface area contributed by atoms with Gasteiger partial charge in [0.15, 0.2) is 9.84 Å². The van der Waals surface area contributed by atoms with Gasteiger partial charge >= 0.3 is 0 Å². The van der Waals surface area contributed by atoms with Crippen LogP contribution in [0.1, 0.15) is 48.4 Å². The van der Waals surface area contributed by atoms with E-state index < -0.39 is 15.9 Å². The Bertz CT molecular complexity index is 1400. The number of carbonyl (C=O) groups is 1. The van der Waals surface area contributed by atoms with Gasteiger partial charge in [-0.05, 0) is 79.5 Å². The Kier molecular flexibility index (Phi) is 6.84. The first kappa shape index (κ1) is 24.1. The molecule has 1 fully saturated rings. The molecule has 36 heavy (non-hydrogen) atoms. The van der Waals surface area contributed by atoms with Crippen molar-refractivity contribution in [1.82, 2.24) is 20.6 Å². The SMILES string of the molecule is CCS(=O)(=O)c1cncc(-c2cc3c(c(Nc4ccc(C5CCNCC5)cc4)n2)C(C=O)NC=C3)c1. The predicted molar refractivity (Wildman–Crippen MR) is 141 cm³/mol. The molecule has 8 nitrogen and oxygen atoms in total. The number of rotatable bonds is 7. The van der Waals surface area contributed by atoms with Crippen molar-refractivity contribution in [3.05, 3.63) is 71.7 Å². The molecular weight excluding hydrogens is 474 g/mol. The second kappa shape index (κ2) is 10.2. The summed E-state index contributed by atoms with van der Waals surface area (Å²) in [7, 11) is -3.41. The molecule has 3 aromatic rings. The Morgan fingerprint density at radius 3 is 2.61 bits per heavy atom. The number of sulfone groups is 1. The molecule has 2 aliphatic rings. The maximum Gasteiger partial charge on any atom is 0.179 e. The summed E-state index contributed by atoms with van der Waals surface area (Å²) in [5.41, 5.74) is 4.91. The van der Waals surface area contributed by atoms with Crippen molar-refractivity contribution in [1.29, 1.82) is 0 Å². The van der Waals surface area contributed by atoms with E-state index in [4.69, 9.17) is 4.98 Å². The number of aldehydes is 1. The van der Waals surface area contributed by atoms with E-state index in [1.165, 1.54) is 11.8 Å². The van der Waals surface area contributed by atoms with Gasteiger partial charge in [0.05, 0.1) is 16.3 Å². The molecule has 0 spiro atoms. The lowest BCUT2D eigenvalue weighted by Gasteiger charge is -2.24. The molecule has 4 heterocycles. The number of hydrogen-bond acceptors (Lipinski definition) is 8. The topological polar surface area (TPSA) is 113 Å². The summed E-state index contributed by atoms with van der Waals surface area (Å²) in [4.78, 5) is 21.0. The van der Waals surface area contributed by atoms with Crippen LogP contribution in [0.25, 0.3) is 17.3 Å². The quantitative estimate of drug-likeness (QED) is 0.415. The van der Waals surface area contributed by atoms with Crippen LogP contribution >= 0.6 is 0 Å². The molecule has 1 unspecified atom stereocenters. The van der Waals surface area contributed by atoms with Crippen molar-refractivity contribution in [2.75, 3.05) is 24.2 Å². The summed E-state index contributed by atoms with van der Waals surface area (Å²) in [5.74, 6) is 1.09. The number of piperidine rings is 1. The van der Waals surface area contributed by atoms with Crippen LogP contribution in [-0.2, 0) is 14.6 Å². The van der Waals surface area contributed by atoms with E-state index in [1.54, 1.807) is 25.4 Å². The summed E-state index contributed by atoms with van der Waals surface area (Å²) in [6.07, 6.45) is 9.68. The van der Waals surface area contributed by atoms with Gasteiger partial charge < -0.3 is 20.7 Å². The zero-order valence-corrected chi connectivity index (χ0v) is 20.9. The van der Waals surface area contributed by atoms with Crippen LogP contribution in [0, 0.1) is 0 Å². The van der Waals surface area contributed by atoms with Crippen LogP contribution in [0.3, 0.4) is 0 Å². The average Bonchev–Trinajstić information content (AvgIpc) is 2.93. The van der Waals surface area contributed by atoms with Crippen molar-refractivity contribution < 1.29 is 13.2 Å². The number of fused-ring (bicyclic) bond motifs is 1. The Morgan fingerprint density at radius 1 is 1.11 bits per heavy atom. The molecule has 0 bridgehead atoms. The number of pyridine rings is 2. The van der Waals surface area contributed by atoms with Gasteiger partial charge in [0.2, 0.25) is 0 Å². The number of nitrogens with one attached hydrogen (secondary N) is 3. The molecule has 9 heteroatoms. The van der Waals surface area contributed by atoms with Gasteiger partial charge in [0.1, 0.15) is 18.1 Å². The van der Waals surface area contributed by atoms with Gasteiger partial charge in [-0.15, -0.1) is 0 Å². The normalized spacial score (nSPS) is 17.8. The number of nitrogens with zero attached hydrogens (tertiary/aromatic N) is 2. The Balaban J connectivity index is 1.53. The molecule has 0 saturated carbocycles. The molecule has 0 aliphatic carbocycles. The lowest BCUT2D eigenvalue weighted by Crippen LogP contribution is -2.26. The van der Waals surface area contributed by atoms with Gasteiger partial charge in [-0.25, -0.2) is 13.4 Å². The van der Waals surface area contributed by atoms with Gasteiger partial charge in [0, 0.05) is 29.2 Å². The number of aromatic nitrogens is 2. The van der Waals surface area contributed by atoms with E-state index in [2.05, 4.69) is 33.1 Å². The molecule has 0 amide bonds. The fraction of sp³-hybridized carbons (Fsp3) is 0.296. The van der Waals surface area contributed by atoms with Crippen LogP contribution in [0.15, 0.2) is 59.9 Å². The highest BCUT2D eigenvalue weighted by atomic mass is 32.2. The monoisotopic (exact) mass is 503 g/mol. The third-order valence-corrected chi connectivity index (χ3v) is 8.51. The fourth-order valence-corrected chi connectivity index (χ4v) is 5.60. The molecule has 186 valence electrons. The molecule has 0 radical (unpaired) electrons. The van der Waals surface area contributed by atoms with E-state index >= 15 is 0 Å². The fourth-order valence-electron chi connectivity index (χ4n) is 4.74. The standard InChI is InChI=1S/C27H29N5O3S/c1-2-36(34,35)23-13-21(15-29-16-23)24-14-20-9-12-30-25(17-33)26(20)27(32-24)31-22-5-3-18(4-6-22)19-7-10-28-11-8-19/h3-6,9,12-17,19,25,28,30H,2,7-8,10-11H2,1H3,(H,31,32). The first-order chi connectivity index (χ1) is 17.5. The molecule has 1 atom stereocenters. The molecule has 2 aromatic heterocycles. The third kappa shape index (κ3) is 4.89. The van der Waals surface area contributed by atoms with Crippen molar-refractivity contribution in [2.45, 2.75) is 36.6 Å². The van der Waals surface area contributed by atoms with E-state index in [9.17, 15) is 13.2 Å². The Hall–Kier alpha value is -3.56. The first-order valence-corrected chi connectivity index (χ1v) is 13.8. The van der Waals surface area contributed by atoms with E-state index in [0.717, 1.165) is 49.0 Å². The maximum absolute atomic E-state index is 12.4. The lowest BCUT2D eigenvalue weighted by molar-refractivity contribution is -0.109. The van der Waals surface area contributed by atoms with Crippen molar-refractivity contribution >= 4 is 33.7 Å². The summed E-state index contributed by atoms with van der Waals surface area (Å²) in [6.45, 7) is 3.68. The minimum Gasteiger partial charge on any atom is -0.378 e. The van der Waals surface area contributed by atoms with E-state index in [-0.39, 0.29) is 10.6 Å². The van der Waals surface area contributed by atoms with Crippen molar-refractivity contribution in [2.24, 2.45) is 0 Å². The van der Waals surface area contributed by atoms with Crippen LogP contribution in [-0.4, -0.2) is 43.5 Å². The summed E-state index contributed by atoms with van der Waals surface area (Å²) in [6, 6.07) is 11.3. The summed E-state index contributed by atoms with van der Waals surface area (Å²) in [5, 5.41) is 9.87. The number of benzene rings is 1. The van der Waals surface area contributed by atoms with Crippen LogP contribution in [0.4, 0.5) is 11.5 Å².